The molecule has 0 radical (unpaired) electrons. The van der Waals surface area contributed by atoms with E-state index in [-0.39, 0.29) is 0 Å². The number of hydrogen-bond acceptors (Lipinski definition) is 4. The van der Waals surface area contributed by atoms with Crippen molar-refractivity contribution in [2.45, 2.75) is 6.42 Å². The maximum Gasteiger partial charge on any atom is 0.0468 e. The van der Waals surface area contributed by atoms with Gasteiger partial charge in [-0.2, -0.15) is 0 Å². The Morgan fingerprint density at radius 3 is 1.06 bits per heavy atom. The highest BCUT2D eigenvalue weighted by Gasteiger charge is 2.19. The Labute approximate surface area is 657 Å². The predicted octanol–water partition coefficient (Wildman–Crippen LogP) is 32.3. The molecule has 18 aromatic carbocycles. The number of para-hydroxylation sites is 1. The number of fused-ring (bicyclic) bond motifs is 13. The Morgan fingerprint density at radius 1 is 0.231 bits per heavy atom. The predicted molar refractivity (Wildman–Crippen MR) is 478 cm³/mol. The highest BCUT2D eigenvalue weighted by molar-refractivity contribution is 9.10. The van der Waals surface area contributed by atoms with Crippen molar-refractivity contribution < 1.29 is 0 Å². The first-order valence-electron chi connectivity index (χ1n) is 36.1. The summed E-state index contributed by atoms with van der Waals surface area (Å²) in [6.07, 6.45) is 0.985. The summed E-state index contributed by atoms with van der Waals surface area (Å²) in [5.41, 5.74) is 16.1. The molecule has 0 aliphatic carbocycles. The Morgan fingerprint density at radius 2 is 0.574 bits per heavy atom. The SMILES string of the molecule is Clc1ccc2sc3cccc(-c4ccc5ccccc5c4)c3c2c1.Clc1ccc2sc3cccc(Br)c3c2c1.c1ccc(Cc2ccc(-c3ccc4ccccc4c3)cc2)cc1.c1ccc(N(c2ccc(-c3ccc4ccccc4c3)cc2)c2ccc3sc4cccc(-c5ccc6ccccc6c5)c4c3c2)cc1. The van der Waals surface area contributed by atoms with Gasteiger partial charge in [0.1, 0.15) is 0 Å². The molecule has 3 aromatic heterocycles. The fourth-order valence-electron chi connectivity index (χ4n) is 14.9. The zero-order chi connectivity index (χ0) is 72.4. The van der Waals surface area contributed by atoms with Crippen LogP contribution in [-0.4, -0.2) is 0 Å². The normalized spacial score (nSPS) is 11.3. The van der Waals surface area contributed by atoms with Gasteiger partial charge in [-0.25, -0.2) is 0 Å². The maximum atomic E-state index is 6.26. The molecular formula is C101H66BrCl2NS3. The summed E-state index contributed by atoms with van der Waals surface area (Å²) in [6, 6.07) is 139. The fourth-order valence-corrected chi connectivity index (χ4v) is 19.3. The number of hydrogen-bond donors (Lipinski definition) is 0. The van der Waals surface area contributed by atoms with Crippen molar-refractivity contribution in [1.82, 2.24) is 0 Å². The Kier molecular flexibility index (Phi) is 19.2. The third-order valence-corrected chi connectivity index (χ3v) is 24.8. The highest BCUT2D eigenvalue weighted by atomic mass is 79.9. The average Bonchev–Trinajstić information content (AvgIpc) is 1.58. The molecule has 0 fully saturated rings. The molecule has 108 heavy (non-hydrogen) atoms. The first kappa shape index (κ1) is 68.3. The van der Waals surface area contributed by atoms with Crippen molar-refractivity contribution >= 4 is 194 Å². The van der Waals surface area contributed by atoms with E-state index in [1.54, 1.807) is 11.3 Å². The van der Waals surface area contributed by atoms with Gasteiger partial charge in [0.15, 0.2) is 0 Å². The Bertz CT molecular complexity index is 6880. The van der Waals surface area contributed by atoms with E-state index in [1.807, 2.05) is 40.9 Å². The van der Waals surface area contributed by atoms with E-state index in [0.29, 0.717) is 0 Å². The van der Waals surface area contributed by atoms with Gasteiger partial charge in [0, 0.05) is 92.1 Å². The lowest BCUT2D eigenvalue weighted by Crippen LogP contribution is -2.09. The molecule has 0 aliphatic rings. The van der Waals surface area contributed by atoms with Crippen LogP contribution in [-0.2, 0) is 6.42 Å². The van der Waals surface area contributed by atoms with Crippen molar-refractivity contribution in [2.75, 3.05) is 4.90 Å². The molecule has 1 nitrogen and oxygen atoms in total. The number of halogens is 3. The summed E-state index contributed by atoms with van der Waals surface area (Å²) >= 11 is 21.3. The number of thiophene rings is 3. The van der Waals surface area contributed by atoms with Crippen molar-refractivity contribution in [3.63, 3.8) is 0 Å². The molecule has 514 valence electrons. The smallest absolute Gasteiger partial charge is 0.0468 e. The molecule has 0 saturated carbocycles. The minimum Gasteiger partial charge on any atom is -0.310 e. The number of benzene rings is 18. The van der Waals surface area contributed by atoms with Crippen LogP contribution in [0.3, 0.4) is 0 Å². The summed E-state index contributed by atoms with van der Waals surface area (Å²) in [4.78, 5) is 2.37. The molecule has 0 amide bonds. The van der Waals surface area contributed by atoms with Gasteiger partial charge in [0.25, 0.3) is 0 Å². The van der Waals surface area contributed by atoms with Gasteiger partial charge in [0.2, 0.25) is 0 Å². The van der Waals surface area contributed by atoms with Crippen molar-refractivity contribution in [3.05, 3.63) is 414 Å². The van der Waals surface area contributed by atoms with Crippen LogP contribution in [0.4, 0.5) is 17.1 Å². The number of nitrogens with zero attached hydrogens (tertiary/aromatic N) is 1. The molecule has 0 saturated heterocycles. The molecule has 0 bridgehead atoms. The topological polar surface area (TPSA) is 3.24 Å². The van der Waals surface area contributed by atoms with Crippen LogP contribution >= 0.6 is 73.1 Å². The van der Waals surface area contributed by atoms with Gasteiger partial charge >= 0.3 is 0 Å². The first-order chi connectivity index (χ1) is 53.2. The first-order valence-corrected chi connectivity index (χ1v) is 40.1. The molecule has 0 unspecified atom stereocenters. The van der Waals surface area contributed by atoms with Crippen LogP contribution in [0.1, 0.15) is 11.1 Å². The average molecular weight is 1540 g/mol. The molecule has 3 heterocycles. The highest BCUT2D eigenvalue weighted by Crippen LogP contribution is 2.46. The van der Waals surface area contributed by atoms with Gasteiger partial charge in [-0.3, -0.25) is 0 Å². The van der Waals surface area contributed by atoms with Crippen LogP contribution in [0.15, 0.2) is 393 Å². The lowest BCUT2D eigenvalue weighted by Gasteiger charge is -2.26. The second-order valence-corrected chi connectivity index (χ2v) is 32.0. The summed E-state index contributed by atoms with van der Waals surface area (Å²) in [5, 5.41) is 19.4. The molecule has 0 spiro atoms. The third kappa shape index (κ3) is 14.2. The molecule has 7 heteroatoms. The summed E-state index contributed by atoms with van der Waals surface area (Å²) < 4.78 is 8.90. The van der Waals surface area contributed by atoms with Crippen molar-refractivity contribution in [1.29, 1.82) is 0 Å². The van der Waals surface area contributed by atoms with Gasteiger partial charge in [0.05, 0.1) is 0 Å². The Hall–Kier alpha value is -11.5. The lowest BCUT2D eigenvalue weighted by molar-refractivity contribution is 1.19. The molecule has 21 aromatic rings. The van der Waals surface area contributed by atoms with Crippen molar-refractivity contribution in [2.24, 2.45) is 0 Å². The van der Waals surface area contributed by atoms with Gasteiger partial charge < -0.3 is 4.90 Å². The van der Waals surface area contributed by atoms with E-state index in [0.717, 1.165) is 38.0 Å². The largest absolute Gasteiger partial charge is 0.310 e. The van der Waals surface area contributed by atoms with Crippen molar-refractivity contribution in [3.8, 4) is 44.5 Å². The van der Waals surface area contributed by atoms with Crippen LogP contribution in [0, 0.1) is 0 Å². The Balaban J connectivity index is 0.000000111. The van der Waals surface area contributed by atoms with E-state index >= 15 is 0 Å². The van der Waals surface area contributed by atoms with E-state index in [1.165, 1.54) is 159 Å². The van der Waals surface area contributed by atoms with E-state index < -0.39 is 0 Å². The minimum absolute atomic E-state index is 0.788. The third-order valence-electron chi connectivity index (χ3n) is 20.2. The summed E-state index contributed by atoms with van der Waals surface area (Å²) in [5.74, 6) is 0. The zero-order valence-corrected chi connectivity index (χ0v) is 64.0. The zero-order valence-electron chi connectivity index (χ0n) is 58.5. The van der Waals surface area contributed by atoms with Gasteiger partial charge in [-0.15, -0.1) is 34.0 Å². The minimum atomic E-state index is 0.788. The molecule has 0 aliphatic heterocycles. The van der Waals surface area contributed by atoms with Gasteiger partial charge in [-0.05, 0) is 233 Å². The van der Waals surface area contributed by atoms with E-state index in [2.05, 4.69) is 391 Å². The van der Waals surface area contributed by atoms with Crippen LogP contribution in [0.25, 0.3) is 148 Å². The lowest BCUT2D eigenvalue weighted by atomic mass is 9.97. The van der Waals surface area contributed by atoms with E-state index in [9.17, 15) is 0 Å². The summed E-state index contributed by atoms with van der Waals surface area (Å²) in [7, 11) is 0. The fraction of sp³-hybridized carbons (Fsp3) is 0.00990. The van der Waals surface area contributed by atoms with E-state index in [4.69, 9.17) is 23.2 Å². The number of anilines is 3. The molecule has 0 N–H and O–H groups in total. The van der Waals surface area contributed by atoms with Gasteiger partial charge in [-0.1, -0.05) is 300 Å². The maximum absolute atomic E-state index is 6.26. The van der Waals surface area contributed by atoms with Crippen LogP contribution < -0.4 is 4.90 Å². The summed E-state index contributed by atoms with van der Waals surface area (Å²) in [6.45, 7) is 0. The quantitative estimate of drug-likeness (QED) is 0.139. The van der Waals surface area contributed by atoms with Crippen LogP contribution in [0.2, 0.25) is 10.0 Å². The number of rotatable bonds is 9. The molecule has 21 rings (SSSR count). The second-order valence-electron chi connectivity index (χ2n) is 27.1. The second kappa shape index (κ2) is 30.4. The molecular weight excluding hydrogens is 1470 g/mol. The molecule has 0 atom stereocenters. The monoisotopic (exact) mass is 1540 g/mol. The standard InChI is InChI=1S/C44H29NS.C23H18.C22H13ClS.C12H6BrClS/c1-2-13-37(14-3-1)45(38-23-21-32(22-24-38)35-19-17-30-9-4-6-11-33(30)27-35)39-25-26-42-41(29-39)44-40(15-8-16-43(44)46-42)36-20-18-31-10-5-7-12-34(31)28-36;1-2-6-18(7-3-1)16-19-10-12-21(13-11-19)23-15-14-20-8-4-5-9-22(20)17-23;23-17-10-11-20-19(13-17)22-18(6-3-7-21(22)24-20)16-9-8-14-4-1-2-5-15(14)12-16;13-9-2-1-3-11-12(9)8-6-7(14)4-5-10(8)15-11/h1-29H;1-15,17H,16H2;1-13H;1-6H. The van der Waals surface area contributed by atoms with Crippen LogP contribution in [0.5, 0.6) is 0 Å².